The van der Waals surface area contributed by atoms with Crippen LogP contribution in [0.1, 0.15) is 44.9 Å². The van der Waals surface area contributed by atoms with Crippen LogP contribution in [-0.4, -0.2) is 60.2 Å². The van der Waals surface area contributed by atoms with Gasteiger partial charge in [0.05, 0.1) is 0 Å². The van der Waals surface area contributed by atoms with Crippen LogP contribution < -0.4 is 5.32 Å². The zero-order valence-electron chi connectivity index (χ0n) is 13.6. The number of ether oxygens (including phenoxy) is 1. The molecule has 2 aliphatic heterocycles. The van der Waals surface area contributed by atoms with Gasteiger partial charge in [-0.1, -0.05) is 19.3 Å². The van der Waals surface area contributed by atoms with E-state index in [1.54, 1.807) is 7.11 Å². The predicted molar refractivity (Wildman–Crippen MR) is 93.9 cm³/mol. The van der Waals surface area contributed by atoms with Crippen molar-refractivity contribution >= 4 is 30.1 Å². The van der Waals surface area contributed by atoms with Gasteiger partial charge < -0.3 is 15.0 Å². The quantitative estimate of drug-likeness (QED) is 0.832. The van der Waals surface area contributed by atoms with Crippen LogP contribution in [0.4, 0.5) is 0 Å². The Labute approximate surface area is 144 Å². The van der Waals surface area contributed by atoms with E-state index in [1.807, 2.05) is 0 Å². The molecule has 3 aliphatic rings. The number of amides is 1. The van der Waals surface area contributed by atoms with Gasteiger partial charge in [0.15, 0.2) is 0 Å². The minimum absolute atomic E-state index is 0. The lowest BCUT2D eigenvalue weighted by Crippen LogP contribution is -2.59. The molecule has 1 aliphatic carbocycles. The number of thioether (sulfide) groups is 1. The lowest BCUT2D eigenvalue weighted by atomic mass is 9.86. The monoisotopic (exact) mass is 348 g/mol. The van der Waals surface area contributed by atoms with E-state index in [-0.39, 0.29) is 18.3 Å². The molecule has 1 spiro atoms. The molecule has 0 bridgehead atoms. The minimum Gasteiger partial charge on any atom is -0.368 e. The van der Waals surface area contributed by atoms with E-state index >= 15 is 0 Å². The van der Waals surface area contributed by atoms with E-state index in [0.717, 1.165) is 44.8 Å². The number of nitrogens with zero attached hydrogens (tertiary/aromatic N) is 1. The Kier molecular flexibility index (Phi) is 6.46. The fraction of sp³-hybridized carbons (Fsp3) is 0.938. The first-order valence-corrected chi connectivity index (χ1v) is 9.38. The summed E-state index contributed by atoms with van der Waals surface area (Å²) < 4.78 is 6.07. The van der Waals surface area contributed by atoms with Crippen molar-refractivity contribution in [2.45, 2.75) is 55.3 Å². The first-order valence-electron chi connectivity index (χ1n) is 8.39. The normalized spacial score (nSPS) is 27.2. The molecule has 3 fully saturated rings. The van der Waals surface area contributed by atoms with Crippen molar-refractivity contribution in [3.63, 3.8) is 0 Å². The second-order valence-electron chi connectivity index (χ2n) is 6.77. The van der Waals surface area contributed by atoms with Gasteiger partial charge in [-0.25, -0.2) is 0 Å². The number of rotatable bonds is 2. The van der Waals surface area contributed by atoms with Crippen molar-refractivity contribution in [3.05, 3.63) is 0 Å². The summed E-state index contributed by atoms with van der Waals surface area (Å²) in [6, 6.07) is 0. The number of hydrogen-bond acceptors (Lipinski definition) is 4. The number of carbonyl (C=O) groups excluding carboxylic acids is 1. The number of hydrogen-bond donors (Lipinski definition) is 1. The summed E-state index contributed by atoms with van der Waals surface area (Å²) in [6.45, 7) is 3.60. The summed E-state index contributed by atoms with van der Waals surface area (Å²) >= 11 is 2.11. The average Bonchev–Trinajstić information content (AvgIpc) is 2.55. The average molecular weight is 349 g/mol. The molecule has 0 aromatic heterocycles. The van der Waals surface area contributed by atoms with Crippen LogP contribution in [0.3, 0.4) is 0 Å². The molecule has 0 aromatic rings. The van der Waals surface area contributed by atoms with E-state index in [9.17, 15) is 4.79 Å². The molecule has 2 saturated heterocycles. The van der Waals surface area contributed by atoms with Gasteiger partial charge in [0.25, 0.3) is 5.91 Å². The molecule has 1 saturated carbocycles. The van der Waals surface area contributed by atoms with Crippen LogP contribution in [0.15, 0.2) is 0 Å². The van der Waals surface area contributed by atoms with Gasteiger partial charge in [0.2, 0.25) is 0 Å². The van der Waals surface area contributed by atoms with Crippen LogP contribution in [0, 0.1) is 0 Å². The fourth-order valence-corrected chi connectivity index (χ4v) is 5.71. The summed E-state index contributed by atoms with van der Waals surface area (Å²) in [5.41, 5.74) is -0.566. The van der Waals surface area contributed by atoms with Crippen LogP contribution in [0.2, 0.25) is 0 Å². The van der Waals surface area contributed by atoms with Crippen molar-refractivity contribution < 1.29 is 9.53 Å². The molecule has 22 heavy (non-hydrogen) atoms. The van der Waals surface area contributed by atoms with E-state index in [0.29, 0.717) is 4.75 Å². The van der Waals surface area contributed by atoms with Crippen molar-refractivity contribution in [1.82, 2.24) is 10.2 Å². The molecule has 3 rings (SSSR count). The first kappa shape index (κ1) is 18.4. The second kappa shape index (κ2) is 7.73. The van der Waals surface area contributed by atoms with Crippen molar-refractivity contribution in [2.75, 3.05) is 39.0 Å². The lowest BCUT2D eigenvalue weighted by Gasteiger charge is -2.47. The highest BCUT2D eigenvalue weighted by Gasteiger charge is 2.46. The van der Waals surface area contributed by atoms with Crippen LogP contribution in [0.5, 0.6) is 0 Å². The van der Waals surface area contributed by atoms with Crippen LogP contribution in [0.25, 0.3) is 0 Å². The third-order valence-corrected chi connectivity index (χ3v) is 7.03. The van der Waals surface area contributed by atoms with Gasteiger partial charge >= 0.3 is 0 Å². The topological polar surface area (TPSA) is 41.6 Å². The van der Waals surface area contributed by atoms with Gasteiger partial charge in [-0.3, -0.25) is 4.79 Å². The molecule has 0 unspecified atom stereocenters. The Morgan fingerprint density at radius 2 is 1.82 bits per heavy atom. The van der Waals surface area contributed by atoms with E-state index in [2.05, 4.69) is 22.0 Å². The third-order valence-electron chi connectivity index (χ3n) is 5.49. The molecular formula is C16H29ClN2O2S. The molecule has 1 N–H and O–H groups in total. The maximum Gasteiger partial charge on any atom is 0.254 e. The highest BCUT2D eigenvalue weighted by molar-refractivity contribution is 8.00. The molecule has 128 valence electrons. The number of methoxy groups -OCH3 is 1. The summed E-state index contributed by atoms with van der Waals surface area (Å²) in [5.74, 6) is 1.33. The van der Waals surface area contributed by atoms with Crippen molar-refractivity contribution in [1.29, 1.82) is 0 Å². The fourth-order valence-electron chi connectivity index (χ4n) is 4.14. The first-order chi connectivity index (χ1) is 10.2. The Bertz CT molecular complexity index is 377. The maximum atomic E-state index is 13.1. The van der Waals surface area contributed by atoms with E-state index in [1.165, 1.54) is 32.1 Å². The van der Waals surface area contributed by atoms with Gasteiger partial charge in [0.1, 0.15) is 5.60 Å². The zero-order valence-corrected chi connectivity index (χ0v) is 15.2. The largest absolute Gasteiger partial charge is 0.368 e. The molecule has 6 heteroatoms. The van der Waals surface area contributed by atoms with Gasteiger partial charge in [0, 0.05) is 30.7 Å². The Morgan fingerprint density at radius 1 is 1.14 bits per heavy atom. The molecule has 0 atom stereocenters. The van der Waals surface area contributed by atoms with Crippen molar-refractivity contribution in [3.8, 4) is 0 Å². The SMILES string of the molecule is COC1(C(=O)N2CCSC3(CCCCC3)C2)CCNCC1.Cl. The lowest BCUT2D eigenvalue weighted by molar-refractivity contribution is -0.158. The van der Waals surface area contributed by atoms with E-state index < -0.39 is 5.60 Å². The number of halogens is 1. The molecule has 4 nitrogen and oxygen atoms in total. The summed E-state index contributed by atoms with van der Waals surface area (Å²) in [6.07, 6.45) is 8.19. The Hall–Kier alpha value is 0.0300. The summed E-state index contributed by atoms with van der Waals surface area (Å²) in [5, 5.41) is 3.33. The molecule has 0 aromatic carbocycles. The molecule has 0 radical (unpaired) electrons. The Morgan fingerprint density at radius 3 is 2.45 bits per heavy atom. The van der Waals surface area contributed by atoms with Gasteiger partial charge in [-0.05, 0) is 38.8 Å². The Balaban J connectivity index is 0.00000176. The number of piperidine rings is 1. The highest BCUT2D eigenvalue weighted by atomic mass is 35.5. The number of carbonyl (C=O) groups is 1. The number of nitrogens with one attached hydrogen (secondary N) is 1. The van der Waals surface area contributed by atoms with Gasteiger partial charge in [-0.15, -0.1) is 12.4 Å². The standard InChI is InChI=1S/C16H28N2O2S.ClH/c1-20-16(7-9-17-10-8-16)14(19)18-11-12-21-15(13-18)5-3-2-4-6-15;/h17H,2-13H2,1H3;1H. The third kappa shape index (κ3) is 3.58. The smallest absolute Gasteiger partial charge is 0.254 e. The summed E-state index contributed by atoms with van der Waals surface area (Å²) in [7, 11) is 1.71. The van der Waals surface area contributed by atoms with Gasteiger partial charge in [-0.2, -0.15) is 11.8 Å². The van der Waals surface area contributed by atoms with E-state index in [4.69, 9.17) is 4.74 Å². The molecular weight excluding hydrogens is 320 g/mol. The second-order valence-corrected chi connectivity index (χ2v) is 8.33. The van der Waals surface area contributed by atoms with Crippen LogP contribution >= 0.6 is 24.2 Å². The summed E-state index contributed by atoms with van der Waals surface area (Å²) in [4.78, 5) is 15.2. The predicted octanol–water partition coefficient (Wildman–Crippen LogP) is 2.46. The van der Waals surface area contributed by atoms with Crippen LogP contribution in [-0.2, 0) is 9.53 Å². The minimum atomic E-state index is -0.566. The molecule has 2 heterocycles. The zero-order chi connectivity index (χ0) is 14.8. The molecule has 1 amide bonds. The van der Waals surface area contributed by atoms with Crippen molar-refractivity contribution in [2.24, 2.45) is 0 Å². The maximum absolute atomic E-state index is 13.1. The highest BCUT2D eigenvalue weighted by Crippen LogP contribution is 2.43.